The van der Waals surface area contributed by atoms with Crippen LogP contribution in [0.2, 0.25) is 0 Å². The van der Waals surface area contributed by atoms with E-state index in [2.05, 4.69) is 0 Å². The van der Waals surface area contributed by atoms with Gasteiger partial charge < -0.3 is 14.6 Å². The maximum atomic E-state index is 12.9. The second-order valence-electron chi connectivity index (χ2n) is 4.30. The summed E-state index contributed by atoms with van der Waals surface area (Å²) in [5.74, 6) is -1.10. The second-order valence-corrected chi connectivity index (χ2v) is 4.30. The van der Waals surface area contributed by atoms with Crippen LogP contribution in [0.5, 0.6) is 11.5 Å². The van der Waals surface area contributed by atoms with Crippen molar-refractivity contribution in [3.8, 4) is 22.8 Å². The minimum Gasteiger partial charge on any atom is -0.508 e. The number of phenolic OH excluding ortho intramolecular Hbond substituents is 1. The first kappa shape index (κ1) is 12.2. The molecule has 4 nitrogen and oxygen atoms in total. The Morgan fingerprint density at radius 2 is 1.70 bits per heavy atom. The summed E-state index contributed by atoms with van der Waals surface area (Å²) >= 11 is 0. The third-order valence-electron chi connectivity index (χ3n) is 2.96. The molecule has 5 heteroatoms. The van der Waals surface area contributed by atoms with E-state index in [1.807, 2.05) is 0 Å². The smallest absolute Gasteiger partial charge is 0.235 e. The van der Waals surface area contributed by atoms with Crippen molar-refractivity contribution in [2.24, 2.45) is 0 Å². The van der Waals surface area contributed by atoms with E-state index >= 15 is 0 Å². The van der Waals surface area contributed by atoms with Crippen LogP contribution in [0.15, 0.2) is 51.7 Å². The van der Waals surface area contributed by atoms with E-state index in [9.17, 15) is 19.4 Å². The minimum atomic E-state index is -0.606. The summed E-state index contributed by atoms with van der Waals surface area (Å²) in [4.78, 5) is 12.0. The first-order chi connectivity index (χ1) is 9.56. The molecule has 0 radical (unpaired) electrons. The summed E-state index contributed by atoms with van der Waals surface area (Å²) < 4.78 is 18.3. The maximum Gasteiger partial charge on any atom is 0.235 e. The lowest BCUT2D eigenvalue weighted by Gasteiger charge is -2.06. The Kier molecular flexibility index (Phi) is 2.68. The van der Waals surface area contributed by atoms with Gasteiger partial charge in [-0.2, -0.15) is 0 Å². The topological polar surface area (TPSA) is 70.7 Å². The Hall–Kier alpha value is -2.82. The normalized spacial score (nSPS) is 10.8. The molecule has 0 fully saturated rings. The van der Waals surface area contributed by atoms with Crippen molar-refractivity contribution >= 4 is 11.0 Å². The Labute approximate surface area is 112 Å². The fourth-order valence-corrected chi connectivity index (χ4v) is 1.97. The van der Waals surface area contributed by atoms with Gasteiger partial charge in [0.1, 0.15) is 17.1 Å². The molecular weight excluding hydrogens is 263 g/mol. The van der Waals surface area contributed by atoms with Gasteiger partial charge in [0, 0.05) is 11.6 Å². The van der Waals surface area contributed by atoms with E-state index in [1.54, 1.807) is 0 Å². The largest absolute Gasteiger partial charge is 0.508 e. The van der Waals surface area contributed by atoms with Crippen molar-refractivity contribution in [3.63, 3.8) is 0 Å². The van der Waals surface area contributed by atoms with Crippen LogP contribution in [-0.2, 0) is 0 Å². The number of aromatic hydroxyl groups is 2. The fourth-order valence-electron chi connectivity index (χ4n) is 1.97. The molecule has 0 bridgehead atoms. The zero-order chi connectivity index (χ0) is 14.3. The number of fused-ring (bicyclic) bond motifs is 1. The molecule has 0 saturated carbocycles. The van der Waals surface area contributed by atoms with E-state index in [0.717, 1.165) is 0 Å². The van der Waals surface area contributed by atoms with E-state index in [0.29, 0.717) is 5.56 Å². The Balaban J connectivity index is 2.33. The van der Waals surface area contributed by atoms with Crippen molar-refractivity contribution in [1.82, 2.24) is 0 Å². The van der Waals surface area contributed by atoms with Crippen molar-refractivity contribution in [3.05, 3.63) is 58.5 Å². The van der Waals surface area contributed by atoms with Gasteiger partial charge in [0.15, 0.2) is 5.76 Å². The summed E-state index contributed by atoms with van der Waals surface area (Å²) in [6.07, 6.45) is 0. The van der Waals surface area contributed by atoms with Crippen LogP contribution in [0.4, 0.5) is 4.39 Å². The highest BCUT2D eigenvalue weighted by Gasteiger charge is 2.15. The van der Waals surface area contributed by atoms with Crippen molar-refractivity contribution in [2.45, 2.75) is 0 Å². The zero-order valence-electron chi connectivity index (χ0n) is 10.1. The average molecular weight is 272 g/mol. The van der Waals surface area contributed by atoms with Gasteiger partial charge in [-0.1, -0.05) is 0 Å². The van der Waals surface area contributed by atoms with Gasteiger partial charge in [-0.15, -0.1) is 0 Å². The van der Waals surface area contributed by atoms with E-state index in [4.69, 9.17) is 4.42 Å². The monoisotopic (exact) mass is 272 g/mol. The van der Waals surface area contributed by atoms with Gasteiger partial charge in [-0.25, -0.2) is 4.39 Å². The highest BCUT2D eigenvalue weighted by Crippen LogP contribution is 2.31. The summed E-state index contributed by atoms with van der Waals surface area (Å²) in [6.45, 7) is 0. The molecule has 3 rings (SSSR count). The molecule has 0 amide bonds. The van der Waals surface area contributed by atoms with Gasteiger partial charge in [0.2, 0.25) is 11.2 Å². The number of hydrogen-bond acceptors (Lipinski definition) is 4. The molecule has 1 aromatic heterocycles. The minimum absolute atomic E-state index is 0.0589. The first-order valence-corrected chi connectivity index (χ1v) is 5.81. The van der Waals surface area contributed by atoms with Crippen molar-refractivity contribution < 1.29 is 19.0 Å². The maximum absolute atomic E-state index is 12.9. The average Bonchev–Trinajstić information content (AvgIpc) is 2.44. The number of halogens is 1. The summed E-state index contributed by atoms with van der Waals surface area (Å²) in [7, 11) is 0. The number of benzene rings is 2. The SMILES string of the molecule is O=c1c(O)c(-c2ccc(F)cc2)oc2cc(O)ccc12. The Morgan fingerprint density at radius 1 is 1.00 bits per heavy atom. The molecule has 0 saturated heterocycles. The van der Waals surface area contributed by atoms with Crippen molar-refractivity contribution in [1.29, 1.82) is 0 Å². The molecule has 0 aliphatic carbocycles. The van der Waals surface area contributed by atoms with Gasteiger partial charge in [-0.3, -0.25) is 4.79 Å². The van der Waals surface area contributed by atoms with Crippen LogP contribution in [0.25, 0.3) is 22.3 Å². The predicted octanol–water partition coefficient (Wildman–Crippen LogP) is 3.01. The molecule has 0 spiro atoms. The highest BCUT2D eigenvalue weighted by atomic mass is 19.1. The molecule has 2 aromatic carbocycles. The van der Waals surface area contributed by atoms with Crippen LogP contribution in [0, 0.1) is 5.82 Å². The van der Waals surface area contributed by atoms with E-state index in [1.165, 1.54) is 42.5 Å². The van der Waals surface area contributed by atoms with Crippen molar-refractivity contribution in [2.75, 3.05) is 0 Å². The third kappa shape index (κ3) is 1.89. The lowest BCUT2D eigenvalue weighted by atomic mass is 10.1. The predicted molar refractivity (Wildman–Crippen MR) is 71.2 cm³/mol. The van der Waals surface area contributed by atoms with Gasteiger partial charge in [-0.05, 0) is 36.4 Å². The highest BCUT2D eigenvalue weighted by molar-refractivity contribution is 5.82. The molecule has 3 aromatic rings. The second kappa shape index (κ2) is 4.38. The summed E-state index contributed by atoms with van der Waals surface area (Å²) in [6, 6.07) is 9.15. The lowest BCUT2D eigenvalue weighted by molar-refractivity contribution is 0.447. The molecule has 0 atom stereocenters. The van der Waals surface area contributed by atoms with Gasteiger partial charge in [0.05, 0.1) is 5.39 Å². The summed E-state index contributed by atoms with van der Waals surface area (Å²) in [5.41, 5.74) is -0.0936. The molecule has 20 heavy (non-hydrogen) atoms. The van der Waals surface area contributed by atoms with Crippen LogP contribution < -0.4 is 5.43 Å². The molecule has 0 unspecified atom stereocenters. The number of hydrogen-bond donors (Lipinski definition) is 2. The third-order valence-corrected chi connectivity index (χ3v) is 2.96. The quantitative estimate of drug-likeness (QED) is 0.714. The van der Waals surface area contributed by atoms with Crippen LogP contribution >= 0.6 is 0 Å². The fraction of sp³-hybridized carbons (Fsp3) is 0. The molecule has 100 valence electrons. The van der Waals surface area contributed by atoms with Gasteiger partial charge >= 0.3 is 0 Å². The first-order valence-electron chi connectivity index (χ1n) is 5.81. The van der Waals surface area contributed by atoms with E-state index in [-0.39, 0.29) is 22.5 Å². The Morgan fingerprint density at radius 3 is 2.40 bits per heavy atom. The number of phenols is 1. The molecule has 1 heterocycles. The van der Waals surface area contributed by atoms with Crippen LogP contribution in [0.3, 0.4) is 0 Å². The zero-order valence-corrected chi connectivity index (χ0v) is 10.1. The Bertz CT molecular complexity index is 850. The standard InChI is InChI=1S/C15H9FO4/c16-9-3-1-8(2-4-9)15-14(19)13(18)11-6-5-10(17)7-12(11)20-15/h1-7,17,19H. The van der Waals surface area contributed by atoms with E-state index < -0.39 is 17.0 Å². The molecule has 0 aliphatic heterocycles. The lowest BCUT2D eigenvalue weighted by Crippen LogP contribution is -2.02. The molecule has 0 aliphatic rings. The van der Waals surface area contributed by atoms with Gasteiger partial charge in [0.25, 0.3) is 0 Å². The van der Waals surface area contributed by atoms with Crippen LogP contribution in [0.1, 0.15) is 0 Å². The van der Waals surface area contributed by atoms with Crippen LogP contribution in [-0.4, -0.2) is 10.2 Å². The molecule has 2 N–H and O–H groups in total. The number of rotatable bonds is 1. The molecular formula is C15H9FO4. The summed E-state index contributed by atoms with van der Waals surface area (Å²) in [5, 5.41) is 19.5.